The molecule has 6 nitrogen and oxygen atoms in total. The fraction of sp³-hybridized carbons (Fsp3) is 0.357. The number of hydrazine groups is 1. The van der Waals surface area contributed by atoms with E-state index in [-0.39, 0.29) is 6.04 Å². The molecule has 20 heavy (non-hydrogen) atoms. The van der Waals surface area contributed by atoms with Gasteiger partial charge in [-0.15, -0.1) is 0 Å². The van der Waals surface area contributed by atoms with Crippen LogP contribution >= 0.6 is 0 Å². The quantitative estimate of drug-likeness (QED) is 0.648. The molecule has 0 spiro atoms. The molecule has 0 aliphatic carbocycles. The molecule has 1 aliphatic heterocycles. The van der Waals surface area contributed by atoms with E-state index < -0.39 is 0 Å². The van der Waals surface area contributed by atoms with Crippen molar-refractivity contribution in [2.45, 2.75) is 12.5 Å². The summed E-state index contributed by atoms with van der Waals surface area (Å²) in [5.41, 5.74) is 3.80. The SMILES string of the molecule is Cn1ccnc1C(NN)c1ccc2c(c1)OCCCO2. The first-order valence-corrected chi connectivity index (χ1v) is 6.62. The fourth-order valence-corrected chi connectivity index (χ4v) is 2.33. The molecule has 106 valence electrons. The van der Waals surface area contributed by atoms with E-state index in [0.29, 0.717) is 13.2 Å². The Bertz CT molecular complexity index is 597. The number of aromatic nitrogens is 2. The third-order valence-corrected chi connectivity index (χ3v) is 3.39. The van der Waals surface area contributed by atoms with Crippen LogP contribution in [0.3, 0.4) is 0 Å². The summed E-state index contributed by atoms with van der Waals surface area (Å²) in [6.45, 7) is 1.35. The first-order valence-electron chi connectivity index (χ1n) is 6.62. The first-order chi connectivity index (χ1) is 9.79. The van der Waals surface area contributed by atoms with Crippen molar-refractivity contribution < 1.29 is 9.47 Å². The van der Waals surface area contributed by atoms with E-state index in [2.05, 4.69) is 10.4 Å². The van der Waals surface area contributed by atoms with E-state index in [9.17, 15) is 0 Å². The van der Waals surface area contributed by atoms with Crippen molar-refractivity contribution in [1.29, 1.82) is 0 Å². The van der Waals surface area contributed by atoms with Crippen molar-refractivity contribution in [2.75, 3.05) is 13.2 Å². The Labute approximate surface area is 117 Å². The maximum atomic E-state index is 5.71. The van der Waals surface area contributed by atoms with Gasteiger partial charge in [0, 0.05) is 25.9 Å². The van der Waals surface area contributed by atoms with Crippen molar-refractivity contribution in [2.24, 2.45) is 12.9 Å². The van der Waals surface area contributed by atoms with Gasteiger partial charge in [0.15, 0.2) is 11.5 Å². The monoisotopic (exact) mass is 274 g/mol. The number of nitrogens with two attached hydrogens (primary N) is 1. The summed E-state index contributed by atoms with van der Waals surface area (Å²) in [5, 5.41) is 0. The van der Waals surface area contributed by atoms with Gasteiger partial charge in [0.05, 0.1) is 13.2 Å². The molecule has 0 saturated heterocycles. The summed E-state index contributed by atoms with van der Waals surface area (Å²) in [6.07, 6.45) is 4.54. The van der Waals surface area contributed by atoms with E-state index in [1.165, 1.54) is 0 Å². The van der Waals surface area contributed by atoms with Gasteiger partial charge in [-0.2, -0.15) is 0 Å². The zero-order chi connectivity index (χ0) is 13.9. The molecule has 3 N–H and O–H groups in total. The lowest BCUT2D eigenvalue weighted by molar-refractivity contribution is 0.297. The summed E-state index contributed by atoms with van der Waals surface area (Å²) in [7, 11) is 1.94. The molecule has 1 aromatic heterocycles. The predicted molar refractivity (Wildman–Crippen MR) is 74.4 cm³/mol. The molecule has 1 aliphatic rings. The number of benzene rings is 1. The van der Waals surface area contributed by atoms with Crippen LogP contribution in [0.25, 0.3) is 0 Å². The highest BCUT2D eigenvalue weighted by atomic mass is 16.5. The lowest BCUT2D eigenvalue weighted by Gasteiger charge is -2.18. The Kier molecular flexibility index (Phi) is 3.58. The Morgan fingerprint density at radius 2 is 2.10 bits per heavy atom. The first kappa shape index (κ1) is 13.0. The Morgan fingerprint density at radius 3 is 2.80 bits per heavy atom. The second kappa shape index (κ2) is 5.52. The average molecular weight is 274 g/mol. The molecule has 2 heterocycles. The van der Waals surface area contributed by atoms with Crippen LogP contribution in [0.15, 0.2) is 30.6 Å². The number of fused-ring (bicyclic) bond motifs is 1. The van der Waals surface area contributed by atoms with Gasteiger partial charge in [-0.1, -0.05) is 6.07 Å². The van der Waals surface area contributed by atoms with Crippen LogP contribution in [-0.4, -0.2) is 22.8 Å². The lowest BCUT2D eigenvalue weighted by atomic mass is 10.1. The van der Waals surface area contributed by atoms with E-state index in [4.69, 9.17) is 15.3 Å². The van der Waals surface area contributed by atoms with Gasteiger partial charge in [0.2, 0.25) is 0 Å². The number of aryl methyl sites for hydroxylation is 1. The van der Waals surface area contributed by atoms with Crippen LogP contribution in [0.5, 0.6) is 11.5 Å². The molecular weight excluding hydrogens is 256 g/mol. The lowest BCUT2D eigenvalue weighted by Crippen LogP contribution is -2.30. The number of hydrogen-bond donors (Lipinski definition) is 2. The number of nitrogens with one attached hydrogen (secondary N) is 1. The second-order valence-corrected chi connectivity index (χ2v) is 4.75. The largest absolute Gasteiger partial charge is 0.490 e. The van der Waals surface area contributed by atoms with Crippen molar-refractivity contribution in [1.82, 2.24) is 15.0 Å². The molecule has 1 unspecified atom stereocenters. The molecule has 1 aromatic carbocycles. The highest BCUT2D eigenvalue weighted by molar-refractivity contribution is 5.45. The minimum Gasteiger partial charge on any atom is -0.490 e. The number of ether oxygens (including phenoxy) is 2. The third-order valence-electron chi connectivity index (χ3n) is 3.39. The molecule has 6 heteroatoms. The summed E-state index contributed by atoms with van der Waals surface area (Å²) < 4.78 is 13.3. The zero-order valence-electron chi connectivity index (χ0n) is 11.4. The fourth-order valence-electron chi connectivity index (χ4n) is 2.33. The number of imidazole rings is 1. The summed E-state index contributed by atoms with van der Waals surface area (Å²) >= 11 is 0. The Hall–Kier alpha value is -2.05. The highest BCUT2D eigenvalue weighted by Gasteiger charge is 2.19. The standard InChI is InChI=1S/C14H18N4O2/c1-18-6-5-16-14(18)13(17-15)10-3-4-11-12(9-10)20-8-2-7-19-11/h3-6,9,13,17H,2,7-8,15H2,1H3. The zero-order valence-corrected chi connectivity index (χ0v) is 11.4. The van der Waals surface area contributed by atoms with Crippen molar-refractivity contribution in [3.63, 3.8) is 0 Å². The molecule has 3 rings (SSSR count). The molecule has 1 atom stereocenters. The van der Waals surface area contributed by atoms with Crippen LogP contribution in [0.1, 0.15) is 23.9 Å². The Balaban J connectivity index is 1.96. The van der Waals surface area contributed by atoms with Crippen LogP contribution in [0.2, 0.25) is 0 Å². The molecule has 2 aromatic rings. The van der Waals surface area contributed by atoms with E-state index >= 15 is 0 Å². The highest BCUT2D eigenvalue weighted by Crippen LogP contribution is 2.33. The minimum absolute atomic E-state index is 0.188. The van der Waals surface area contributed by atoms with Gasteiger partial charge in [0.1, 0.15) is 11.9 Å². The molecule has 0 amide bonds. The van der Waals surface area contributed by atoms with Gasteiger partial charge in [0.25, 0.3) is 0 Å². The van der Waals surface area contributed by atoms with E-state index in [0.717, 1.165) is 29.3 Å². The van der Waals surface area contributed by atoms with Gasteiger partial charge >= 0.3 is 0 Å². The van der Waals surface area contributed by atoms with Crippen molar-refractivity contribution in [3.05, 3.63) is 42.0 Å². The van der Waals surface area contributed by atoms with Crippen LogP contribution < -0.4 is 20.7 Å². The van der Waals surface area contributed by atoms with Gasteiger partial charge in [-0.05, 0) is 17.7 Å². The van der Waals surface area contributed by atoms with E-state index in [1.54, 1.807) is 6.20 Å². The van der Waals surface area contributed by atoms with Crippen LogP contribution in [0.4, 0.5) is 0 Å². The van der Waals surface area contributed by atoms with Gasteiger partial charge in [-0.3, -0.25) is 5.84 Å². The molecule has 0 radical (unpaired) electrons. The normalized spacial score (nSPS) is 15.7. The van der Waals surface area contributed by atoms with Crippen LogP contribution in [-0.2, 0) is 7.05 Å². The van der Waals surface area contributed by atoms with Gasteiger partial charge < -0.3 is 14.0 Å². The molecule has 0 saturated carbocycles. The third kappa shape index (κ3) is 2.35. The summed E-state index contributed by atoms with van der Waals surface area (Å²) in [6, 6.07) is 5.67. The smallest absolute Gasteiger partial charge is 0.161 e. The second-order valence-electron chi connectivity index (χ2n) is 4.75. The van der Waals surface area contributed by atoms with Gasteiger partial charge in [-0.25, -0.2) is 10.4 Å². The van der Waals surface area contributed by atoms with Crippen molar-refractivity contribution >= 4 is 0 Å². The number of rotatable bonds is 3. The maximum Gasteiger partial charge on any atom is 0.161 e. The average Bonchev–Trinajstić information content (AvgIpc) is 2.75. The molecule has 0 bridgehead atoms. The number of hydrogen-bond acceptors (Lipinski definition) is 5. The summed E-state index contributed by atoms with van der Waals surface area (Å²) in [5.74, 6) is 8.08. The number of nitrogens with zero attached hydrogens (tertiary/aromatic N) is 2. The minimum atomic E-state index is -0.188. The predicted octanol–water partition coefficient (Wildman–Crippen LogP) is 1.13. The van der Waals surface area contributed by atoms with Crippen molar-refractivity contribution in [3.8, 4) is 11.5 Å². The topological polar surface area (TPSA) is 74.3 Å². The maximum absolute atomic E-state index is 5.71. The summed E-state index contributed by atoms with van der Waals surface area (Å²) in [4.78, 5) is 4.34. The Morgan fingerprint density at radius 1 is 1.30 bits per heavy atom. The molecule has 0 fully saturated rings. The van der Waals surface area contributed by atoms with E-state index in [1.807, 2.05) is 36.0 Å². The molecular formula is C14H18N4O2. The van der Waals surface area contributed by atoms with Crippen LogP contribution in [0, 0.1) is 0 Å².